The minimum atomic E-state index is -0.347. The molecule has 4 rings (SSSR count). The molecule has 0 saturated heterocycles. The van der Waals surface area contributed by atoms with Gasteiger partial charge >= 0.3 is 0 Å². The maximum Gasteiger partial charge on any atom is 0.266 e. The first kappa shape index (κ1) is 21.0. The molecule has 0 aliphatic carbocycles. The standard InChI is InChI=1S/C23H23FN4O2S/c1-2-17-4-9-20-21(14-17)31-23(26-20)28(12-3-11-27-13-10-25-16-27)22(29)15-30-19-7-5-18(24)6-8-19/h4-10,13-14,16H,2-3,11-12,15H2,1H3. The number of benzene rings is 2. The monoisotopic (exact) mass is 438 g/mol. The molecular formula is C23H23FN4O2S. The molecule has 2 aromatic carbocycles. The Hall–Kier alpha value is -3.26. The van der Waals surface area contributed by atoms with Crippen LogP contribution in [0.25, 0.3) is 10.2 Å². The van der Waals surface area contributed by atoms with E-state index in [1.54, 1.807) is 17.4 Å². The van der Waals surface area contributed by atoms with Crippen molar-refractivity contribution in [1.29, 1.82) is 0 Å². The van der Waals surface area contributed by atoms with Crippen molar-refractivity contribution in [2.24, 2.45) is 0 Å². The Morgan fingerprint density at radius 1 is 1.23 bits per heavy atom. The summed E-state index contributed by atoms with van der Waals surface area (Å²) in [5.74, 6) is -0.0875. The molecule has 1 amide bonds. The van der Waals surface area contributed by atoms with E-state index < -0.39 is 0 Å². The van der Waals surface area contributed by atoms with Gasteiger partial charge in [-0.05, 0) is 54.8 Å². The number of aromatic nitrogens is 3. The summed E-state index contributed by atoms with van der Waals surface area (Å²) in [5, 5.41) is 0.654. The number of hydrogen-bond acceptors (Lipinski definition) is 5. The second-order valence-electron chi connectivity index (χ2n) is 7.09. The van der Waals surface area contributed by atoms with E-state index in [2.05, 4.69) is 24.0 Å². The van der Waals surface area contributed by atoms with Crippen molar-refractivity contribution < 1.29 is 13.9 Å². The minimum absolute atomic E-state index is 0.146. The average Bonchev–Trinajstić information content (AvgIpc) is 3.45. The first-order valence-electron chi connectivity index (χ1n) is 10.2. The van der Waals surface area contributed by atoms with Crippen LogP contribution in [0.2, 0.25) is 0 Å². The Morgan fingerprint density at radius 3 is 2.81 bits per heavy atom. The van der Waals surface area contributed by atoms with Crippen molar-refractivity contribution in [3.63, 3.8) is 0 Å². The van der Waals surface area contributed by atoms with Gasteiger partial charge in [-0.2, -0.15) is 0 Å². The number of nitrogens with zero attached hydrogens (tertiary/aromatic N) is 4. The lowest BCUT2D eigenvalue weighted by molar-refractivity contribution is -0.120. The van der Waals surface area contributed by atoms with Gasteiger partial charge in [0.2, 0.25) is 0 Å². The fourth-order valence-corrected chi connectivity index (χ4v) is 4.28. The zero-order chi connectivity index (χ0) is 21.6. The number of ether oxygens (including phenoxy) is 1. The Labute approximate surface area is 183 Å². The van der Waals surface area contributed by atoms with Crippen LogP contribution in [0.3, 0.4) is 0 Å². The molecule has 0 atom stereocenters. The van der Waals surface area contributed by atoms with Gasteiger partial charge in [0.25, 0.3) is 5.91 Å². The number of fused-ring (bicyclic) bond motifs is 1. The van der Waals surface area contributed by atoms with Crippen molar-refractivity contribution in [1.82, 2.24) is 14.5 Å². The number of imidazole rings is 1. The van der Waals surface area contributed by atoms with E-state index >= 15 is 0 Å². The lowest BCUT2D eigenvalue weighted by Crippen LogP contribution is -2.36. The smallest absolute Gasteiger partial charge is 0.266 e. The number of aryl methyl sites for hydroxylation is 2. The number of anilines is 1. The van der Waals surface area contributed by atoms with Crippen LogP contribution in [0.4, 0.5) is 9.52 Å². The number of rotatable bonds is 9. The van der Waals surface area contributed by atoms with E-state index in [4.69, 9.17) is 9.72 Å². The van der Waals surface area contributed by atoms with Crippen molar-refractivity contribution in [2.45, 2.75) is 26.3 Å². The van der Waals surface area contributed by atoms with Crippen molar-refractivity contribution >= 4 is 32.6 Å². The summed E-state index contributed by atoms with van der Waals surface area (Å²) in [7, 11) is 0. The molecule has 0 bridgehead atoms. The number of halogens is 1. The van der Waals surface area contributed by atoms with Gasteiger partial charge in [0.15, 0.2) is 11.7 Å². The molecule has 8 heteroatoms. The van der Waals surface area contributed by atoms with Gasteiger partial charge < -0.3 is 9.30 Å². The number of thiazole rings is 1. The molecule has 4 aromatic rings. The van der Waals surface area contributed by atoms with Gasteiger partial charge in [-0.3, -0.25) is 9.69 Å². The summed E-state index contributed by atoms with van der Waals surface area (Å²) < 4.78 is 21.7. The molecule has 6 nitrogen and oxygen atoms in total. The molecule has 2 aromatic heterocycles. The summed E-state index contributed by atoms with van der Waals surface area (Å²) in [5.41, 5.74) is 2.12. The van der Waals surface area contributed by atoms with E-state index in [1.165, 1.54) is 41.2 Å². The molecule has 0 N–H and O–H groups in total. The van der Waals surface area contributed by atoms with Crippen molar-refractivity contribution in [3.05, 3.63) is 72.6 Å². The van der Waals surface area contributed by atoms with Gasteiger partial charge in [-0.1, -0.05) is 24.3 Å². The number of hydrogen-bond donors (Lipinski definition) is 0. The summed E-state index contributed by atoms with van der Waals surface area (Å²) in [6.45, 7) is 3.21. The summed E-state index contributed by atoms with van der Waals surface area (Å²) >= 11 is 1.50. The molecule has 0 aliphatic rings. The van der Waals surface area contributed by atoms with Crippen molar-refractivity contribution in [2.75, 3.05) is 18.1 Å². The molecule has 0 unspecified atom stereocenters. The number of carbonyl (C=O) groups excluding carboxylic acids is 1. The highest BCUT2D eigenvalue weighted by atomic mass is 32.1. The van der Waals surface area contributed by atoms with Gasteiger partial charge in [0, 0.05) is 25.5 Å². The molecule has 0 saturated carbocycles. The fourth-order valence-electron chi connectivity index (χ4n) is 3.20. The van der Waals surface area contributed by atoms with Crippen LogP contribution in [-0.4, -0.2) is 33.6 Å². The van der Waals surface area contributed by atoms with E-state index in [9.17, 15) is 9.18 Å². The maximum atomic E-state index is 13.1. The van der Waals surface area contributed by atoms with Crippen LogP contribution in [0.1, 0.15) is 18.9 Å². The third kappa shape index (κ3) is 5.27. The van der Waals surface area contributed by atoms with E-state index in [0.29, 0.717) is 17.4 Å². The van der Waals surface area contributed by atoms with E-state index in [-0.39, 0.29) is 18.3 Å². The van der Waals surface area contributed by atoms with Gasteiger partial charge in [-0.15, -0.1) is 0 Å². The number of carbonyl (C=O) groups is 1. The van der Waals surface area contributed by atoms with Gasteiger partial charge in [-0.25, -0.2) is 14.4 Å². The Kier molecular flexibility index (Phi) is 6.57. The van der Waals surface area contributed by atoms with Gasteiger partial charge in [0.1, 0.15) is 11.6 Å². The van der Waals surface area contributed by atoms with Crippen LogP contribution in [0.5, 0.6) is 5.75 Å². The molecule has 31 heavy (non-hydrogen) atoms. The third-order valence-corrected chi connectivity index (χ3v) is 5.96. The minimum Gasteiger partial charge on any atom is -0.484 e. The SMILES string of the molecule is CCc1ccc2nc(N(CCCn3ccnc3)C(=O)COc3ccc(F)cc3)sc2c1. The first-order valence-corrected chi connectivity index (χ1v) is 11.0. The topological polar surface area (TPSA) is 60.2 Å². The fraction of sp³-hybridized carbons (Fsp3) is 0.261. The molecule has 160 valence electrons. The quantitative estimate of drug-likeness (QED) is 0.380. The normalized spacial score (nSPS) is 11.0. The first-order chi connectivity index (χ1) is 15.1. The largest absolute Gasteiger partial charge is 0.484 e. The van der Waals surface area contributed by atoms with Crippen LogP contribution >= 0.6 is 11.3 Å². The molecule has 0 aliphatic heterocycles. The van der Waals surface area contributed by atoms with Crippen molar-refractivity contribution in [3.8, 4) is 5.75 Å². The highest BCUT2D eigenvalue weighted by Gasteiger charge is 2.20. The Balaban J connectivity index is 1.51. The van der Waals surface area contributed by atoms with E-state index in [1.807, 2.05) is 16.8 Å². The zero-order valence-electron chi connectivity index (χ0n) is 17.2. The summed E-state index contributed by atoms with van der Waals surface area (Å²) in [6, 6.07) is 11.8. The highest BCUT2D eigenvalue weighted by molar-refractivity contribution is 7.22. The van der Waals surface area contributed by atoms with E-state index in [0.717, 1.165) is 29.6 Å². The molecule has 0 radical (unpaired) electrons. The second kappa shape index (κ2) is 9.70. The summed E-state index contributed by atoms with van der Waals surface area (Å²) in [4.78, 5) is 23.5. The summed E-state index contributed by atoms with van der Waals surface area (Å²) in [6.07, 6.45) is 7.08. The maximum absolute atomic E-state index is 13.1. The molecule has 0 spiro atoms. The number of amides is 1. The molecular weight excluding hydrogens is 415 g/mol. The van der Waals surface area contributed by atoms with Crippen LogP contribution in [0, 0.1) is 5.82 Å². The Bertz CT molecular complexity index is 1140. The predicted octanol–water partition coefficient (Wildman–Crippen LogP) is 4.70. The second-order valence-corrected chi connectivity index (χ2v) is 8.10. The average molecular weight is 439 g/mol. The lowest BCUT2D eigenvalue weighted by Gasteiger charge is -2.20. The lowest BCUT2D eigenvalue weighted by atomic mass is 10.2. The molecule has 2 heterocycles. The predicted molar refractivity (Wildman–Crippen MR) is 120 cm³/mol. The zero-order valence-corrected chi connectivity index (χ0v) is 18.0. The van der Waals surface area contributed by atoms with Crippen LogP contribution in [0.15, 0.2) is 61.2 Å². The van der Waals surface area contributed by atoms with Crippen LogP contribution < -0.4 is 9.64 Å². The van der Waals surface area contributed by atoms with Gasteiger partial charge in [0.05, 0.1) is 16.5 Å². The highest BCUT2D eigenvalue weighted by Crippen LogP contribution is 2.30. The third-order valence-electron chi connectivity index (χ3n) is 4.91. The molecule has 0 fully saturated rings. The Morgan fingerprint density at radius 2 is 2.06 bits per heavy atom. The van der Waals surface area contributed by atoms with Crippen LogP contribution in [-0.2, 0) is 17.8 Å².